The third kappa shape index (κ3) is 3.98. The zero-order valence-corrected chi connectivity index (χ0v) is 19.0. The van der Waals surface area contributed by atoms with Crippen LogP contribution in [0, 0.1) is 0 Å². The molecule has 1 aliphatic heterocycles. The molecule has 1 aliphatic rings. The molecule has 3 aromatic carbocycles. The number of rotatable bonds is 4. The van der Waals surface area contributed by atoms with Crippen LogP contribution in [0.15, 0.2) is 89.2 Å². The molecule has 0 spiro atoms. The zero-order chi connectivity index (χ0) is 22.9. The molecule has 2 heterocycles. The maximum absolute atomic E-state index is 13.1. The van der Waals surface area contributed by atoms with Gasteiger partial charge in [0.25, 0.3) is 5.56 Å². The van der Waals surface area contributed by atoms with Crippen LogP contribution in [-0.4, -0.2) is 14.8 Å². The third-order valence-electron chi connectivity index (χ3n) is 6.02. The lowest BCUT2D eigenvalue weighted by Crippen LogP contribution is -2.32. The topological polar surface area (TPSA) is 59.8 Å². The molecule has 4 aromatic rings. The molecule has 5 nitrogen and oxygen atoms in total. The number of nitrogens with one attached hydrogen (secondary N) is 1. The second-order valence-corrected chi connectivity index (χ2v) is 8.70. The summed E-state index contributed by atoms with van der Waals surface area (Å²) in [5, 5.41) is 8.42. The number of hydrogen-bond donors (Lipinski definition) is 1. The van der Waals surface area contributed by atoms with Crippen molar-refractivity contribution in [3.63, 3.8) is 0 Å². The van der Waals surface area contributed by atoms with E-state index in [1.165, 1.54) is 5.56 Å². The quantitative estimate of drug-likeness (QED) is 0.420. The van der Waals surface area contributed by atoms with Crippen molar-refractivity contribution in [2.75, 3.05) is 5.32 Å². The standard InChI is InChI=1S/C28H26N4O/c1-18(2)21-13-15-22(16-14-21)25-28(33)30-27-23-11-7-8-12-24(23)29-26(32(27)31-25)19(3)17-20-9-5-4-6-10-20/h4-18,26,29H,1-3H3. The molecular weight excluding hydrogens is 408 g/mol. The van der Waals surface area contributed by atoms with Crippen molar-refractivity contribution in [2.45, 2.75) is 32.9 Å². The van der Waals surface area contributed by atoms with Crippen molar-refractivity contribution < 1.29 is 0 Å². The molecule has 1 aromatic heterocycles. The van der Waals surface area contributed by atoms with E-state index in [1.54, 1.807) is 0 Å². The largest absolute Gasteiger partial charge is 0.360 e. The van der Waals surface area contributed by atoms with Gasteiger partial charge in [-0.1, -0.05) is 86.7 Å². The summed E-state index contributed by atoms with van der Waals surface area (Å²) >= 11 is 0. The molecule has 0 amide bonds. The van der Waals surface area contributed by atoms with Gasteiger partial charge < -0.3 is 5.32 Å². The smallest absolute Gasteiger partial charge is 0.300 e. The van der Waals surface area contributed by atoms with Gasteiger partial charge in [0, 0.05) is 16.8 Å². The summed E-state index contributed by atoms with van der Waals surface area (Å²) in [4.78, 5) is 17.6. The van der Waals surface area contributed by atoms with Crippen molar-refractivity contribution in [3.8, 4) is 22.6 Å². The summed E-state index contributed by atoms with van der Waals surface area (Å²) in [6.45, 7) is 6.37. The molecular formula is C28H26N4O. The maximum Gasteiger partial charge on any atom is 0.300 e. The van der Waals surface area contributed by atoms with E-state index in [4.69, 9.17) is 5.10 Å². The van der Waals surface area contributed by atoms with Gasteiger partial charge in [0.2, 0.25) is 0 Å². The van der Waals surface area contributed by atoms with Crippen molar-refractivity contribution >= 4 is 11.8 Å². The Morgan fingerprint density at radius 2 is 1.67 bits per heavy atom. The Labute approximate surface area is 193 Å². The molecule has 1 atom stereocenters. The first kappa shape index (κ1) is 20.9. The van der Waals surface area contributed by atoms with E-state index in [-0.39, 0.29) is 11.7 Å². The van der Waals surface area contributed by atoms with Crippen LogP contribution in [-0.2, 0) is 0 Å². The summed E-state index contributed by atoms with van der Waals surface area (Å²) in [5.74, 6) is 0.994. The average molecular weight is 435 g/mol. The van der Waals surface area contributed by atoms with Gasteiger partial charge in [0.1, 0.15) is 6.17 Å². The molecule has 5 rings (SSSR count). The van der Waals surface area contributed by atoms with E-state index in [1.807, 2.05) is 59.3 Å². The highest BCUT2D eigenvalue weighted by atomic mass is 16.1. The average Bonchev–Trinajstić information content (AvgIpc) is 2.84. The highest BCUT2D eigenvalue weighted by Gasteiger charge is 2.27. The van der Waals surface area contributed by atoms with E-state index in [9.17, 15) is 4.79 Å². The second-order valence-electron chi connectivity index (χ2n) is 8.70. The van der Waals surface area contributed by atoms with E-state index in [0.717, 1.165) is 28.0 Å². The Morgan fingerprint density at radius 3 is 2.39 bits per heavy atom. The molecule has 0 saturated carbocycles. The predicted molar refractivity (Wildman–Crippen MR) is 134 cm³/mol. The molecule has 0 aliphatic carbocycles. The van der Waals surface area contributed by atoms with Crippen molar-refractivity contribution in [1.82, 2.24) is 14.8 Å². The van der Waals surface area contributed by atoms with Crippen molar-refractivity contribution in [2.24, 2.45) is 0 Å². The van der Waals surface area contributed by atoms with Crippen molar-refractivity contribution in [1.29, 1.82) is 0 Å². The number of aromatic nitrogens is 3. The fraction of sp³-hybridized carbons (Fsp3) is 0.179. The number of hydrogen-bond acceptors (Lipinski definition) is 4. The first-order valence-electron chi connectivity index (χ1n) is 11.2. The Bertz CT molecular complexity index is 1390. The minimum Gasteiger partial charge on any atom is -0.360 e. The number of benzene rings is 3. The zero-order valence-electron chi connectivity index (χ0n) is 19.0. The van der Waals surface area contributed by atoms with E-state index in [2.05, 4.69) is 61.4 Å². The monoisotopic (exact) mass is 434 g/mol. The summed E-state index contributed by atoms with van der Waals surface area (Å²) in [7, 11) is 0. The van der Waals surface area contributed by atoms with Crippen LogP contribution in [0.2, 0.25) is 0 Å². The lowest BCUT2D eigenvalue weighted by atomic mass is 10.0. The van der Waals surface area contributed by atoms with Crippen LogP contribution in [0.4, 0.5) is 5.69 Å². The summed E-state index contributed by atoms with van der Waals surface area (Å²) < 4.78 is 1.84. The van der Waals surface area contributed by atoms with Crippen LogP contribution in [0.25, 0.3) is 28.7 Å². The Balaban J connectivity index is 1.66. The van der Waals surface area contributed by atoms with Gasteiger partial charge >= 0.3 is 0 Å². The number of para-hydroxylation sites is 1. The van der Waals surface area contributed by atoms with E-state index >= 15 is 0 Å². The highest BCUT2D eigenvalue weighted by molar-refractivity contribution is 5.77. The summed E-state index contributed by atoms with van der Waals surface area (Å²) in [5.41, 5.74) is 6.01. The number of fused-ring (bicyclic) bond motifs is 3. The Morgan fingerprint density at radius 1 is 0.970 bits per heavy atom. The van der Waals surface area contributed by atoms with Crippen molar-refractivity contribution in [3.05, 3.63) is 106 Å². The second kappa shape index (κ2) is 8.51. The lowest BCUT2D eigenvalue weighted by Gasteiger charge is -2.31. The van der Waals surface area contributed by atoms with E-state index < -0.39 is 0 Å². The number of anilines is 1. The molecule has 0 radical (unpaired) electrons. The van der Waals surface area contributed by atoms with Crippen LogP contribution in [0.1, 0.15) is 44.0 Å². The number of nitrogens with zero attached hydrogens (tertiary/aromatic N) is 3. The molecule has 0 saturated heterocycles. The first-order chi connectivity index (χ1) is 16.0. The minimum atomic E-state index is -0.321. The molecule has 33 heavy (non-hydrogen) atoms. The highest BCUT2D eigenvalue weighted by Crippen LogP contribution is 2.36. The van der Waals surface area contributed by atoms with E-state index in [0.29, 0.717) is 17.4 Å². The van der Waals surface area contributed by atoms with Crippen LogP contribution in [0.3, 0.4) is 0 Å². The molecule has 164 valence electrons. The third-order valence-corrected chi connectivity index (χ3v) is 6.02. The Kier molecular flexibility index (Phi) is 5.38. The molecule has 5 heteroatoms. The Hall–Kier alpha value is -3.99. The van der Waals surface area contributed by atoms with Gasteiger partial charge in [-0.05, 0) is 41.7 Å². The minimum absolute atomic E-state index is 0.267. The fourth-order valence-electron chi connectivity index (χ4n) is 4.18. The predicted octanol–water partition coefficient (Wildman–Crippen LogP) is 6.12. The van der Waals surface area contributed by atoms with Gasteiger partial charge in [-0.2, -0.15) is 10.1 Å². The molecule has 0 fully saturated rings. The SMILES string of the molecule is CC(=Cc1ccccc1)C1Nc2ccccc2-c2nc(=O)c(-c3ccc(C(C)C)cc3)nn21. The molecule has 1 N–H and O–H groups in total. The maximum atomic E-state index is 13.1. The normalized spacial score (nSPS) is 15.0. The van der Waals surface area contributed by atoms with Gasteiger partial charge in [-0.3, -0.25) is 4.79 Å². The van der Waals surface area contributed by atoms with Gasteiger partial charge in [-0.15, -0.1) is 0 Å². The first-order valence-corrected chi connectivity index (χ1v) is 11.2. The van der Waals surface area contributed by atoms with Gasteiger partial charge in [0.05, 0.1) is 0 Å². The fourth-order valence-corrected chi connectivity index (χ4v) is 4.18. The summed E-state index contributed by atoms with van der Waals surface area (Å²) in [6.07, 6.45) is 1.86. The molecule has 0 bridgehead atoms. The van der Waals surface area contributed by atoms with Crippen LogP contribution >= 0.6 is 0 Å². The van der Waals surface area contributed by atoms with Crippen LogP contribution in [0.5, 0.6) is 0 Å². The lowest BCUT2D eigenvalue weighted by molar-refractivity contribution is 0.543. The molecule has 1 unspecified atom stereocenters. The summed E-state index contributed by atoms with van der Waals surface area (Å²) in [6, 6.07) is 26.1. The van der Waals surface area contributed by atoms with Crippen LogP contribution < -0.4 is 10.9 Å². The van der Waals surface area contributed by atoms with Gasteiger partial charge in [-0.25, -0.2) is 4.68 Å². The van der Waals surface area contributed by atoms with Gasteiger partial charge in [0.15, 0.2) is 11.5 Å².